The highest BCUT2D eigenvalue weighted by atomic mass is 32.1. The highest BCUT2D eigenvalue weighted by molar-refractivity contribution is 7.10. The fourth-order valence-electron chi connectivity index (χ4n) is 1.71. The highest BCUT2D eigenvalue weighted by Crippen LogP contribution is 2.32. The number of nitrogens with one attached hydrogen (secondary N) is 1. The molecule has 1 aromatic rings. The van der Waals surface area contributed by atoms with Crippen molar-refractivity contribution in [3.63, 3.8) is 0 Å². The van der Waals surface area contributed by atoms with Gasteiger partial charge in [0.25, 0.3) is 0 Å². The third-order valence-corrected chi connectivity index (χ3v) is 4.12. The van der Waals surface area contributed by atoms with Crippen molar-refractivity contribution in [2.45, 2.75) is 33.7 Å². The van der Waals surface area contributed by atoms with E-state index in [1.807, 2.05) is 24.5 Å². The van der Waals surface area contributed by atoms with E-state index in [0.717, 1.165) is 5.84 Å². The van der Waals surface area contributed by atoms with Crippen LogP contribution in [0.2, 0.25) is 0 Å². The fourth-order valence-corrected chi connectivity index (χ4v) is 2.91. The van der Waals surface area contributed by atoms with Crippen LogP contribution in [0.5, 0.6) is 0 Å². The van der Waals surface area contributed by atoms with Crippen LogP contribution >= 0.6 is 11.3 Å². The molecule has 0 saturated carbocycles. The van der Waals surface area contributed by atoms with Crippen molar-refractivity contribution in [3.8, 4) is 0 Å². The average Bonchev–Trinajstić information content (AvgIpc) is 2.52. The summed E-state index contributed by atoms with van der Waals surface area (Å²) >= 11 is 1.83. The van der Waals surface area contributed by atoms with E-state index in [4.69, 9.17) is 0 Å². The lowest BCUT2D eigenvalue weighted by molar-refractivity contribution is 0.733. The zero-order valence-electron chi connectivity index (χ0n) is 9.59. The Morgan fingerprint density at radius 2 is 2.00 bits per heavy atom. The van der Waals surface area contributed by atoms with Gasteiger partial charge >= 0.3 is 0 Å². The lowest BCUT2D eigenvalue weighted by Crippen LogP contribution is -2.29. The summed E-state index contributed by atoms with van der Waals surface area (Å²) in [7, 11) is 0. The average molecular weight is 220 g/mol. The van der Waals surface area contributed by atoms with Crippen LogP contribution < -0.4 is 5.32 Å². The van der Waals surface area contributed by atoms with E-state index in [1.165, 1.54) is 21.6 Å². The van der Waals surface area contributed by atoms with Crippen molar-refractivity contribution in [2.24, 2.45) is 4.99 Å². The molecule has 1 N–H and O–H groups in total. The van der Waals surface area contributed by atoms with Gasteiger partial charge < -0.3 is 5.32 Å². The summed E-state index contributed by atoms with van der Waals surface area (Å²) in [5, 5.41) is 5.65. The molecule has 1 unspecified atom stereocenters. The number of hydrogen-bond donors (Lipinski definition) is 1. The normalized spacial score (nSPS) is 20.7. The number of rotatable bonds is 1. The maximum absolute atomic E-state index is 4.27. The Labute approximate surface area is 94.7 Å². The first-order valence-electron chi connectivity index (χ1n) is 5.12. The zero-order valence-corrected chi connectivity index (χ0v) is 10.4. The van der Waals surface area contributed by atoms with Gasteiger partial charge in [0.1, 0.15) is 0 Å². The van der Waals surface area contributed by atoms with Gasteiger partial charge in [-0.25, -0.2) is 4.99 Å². The van der Waals surface area contributed by atoms with Gasteiger partial charge in [0, 0.05) is 11.1 Å². The van der Waals surface area contributed by atoms with Gasteiger partial charge in [-0.3, -0.25) is 0 Å². The molecule has 2 nitrogen and oxygen atoms in total. The summed E-state index contributed by atoms with van der Waals surface area (Å²) in [6.45, 7) is 8.49. The molecular weight excluding hydrogens is 204 g/mol. The van der Waals surface area contributed by atoms with Crippen LogP contribution in [-0.4, -0.2) is 5.84 Å². The second-order valence-electron chi connectivity index (χ2n) is 4.07. The van der Waals surface area contributed by atoms with Gasteiger partial charge in [0.2, 0.25) is 0 Å². The molecule has 80 valence electrons. The van der Waals surface area contributed by atoms with Crippen LogP contribution in [0.4, 0.5) is 0 Å². The molecule has 0 aromatic carbocycles. The Bertz CT molecular complexity index is 440. The molecule has 0 amide bonds. The molecular formula is C12H16N2S. The van der Waals surface area contributed by atoms with E-state index in [2.05, 4.69) is 36.5 Å². The minimum absolute atomic E-state index is 0.321. The van der Waals surface area contributed by atoms with Crippen LogP contribution in [0, 0.1) is 13.8 Å². The monoisotopic (exact) mass is 220 g/mol. The van der Waals surface area contributed by atoms with Crippen molar-refractivity contribution >= 4 is 17.2 Å². The van der Waals surface area contributed by atoms with Crippen LogP contribution in [0.3, 0.4) is 0 Å². The second kappa shape index (κ2) is 3.81. The molecule has 15 heavy (non-hydrogen) atoms. The topological polar surface area (TPSA) is 24.4 Å². The van der Waals surface area contributed by atoms with Crippen LogP contribution in [0.1, 0.15) is 35.9 Å². The van der Waals surface area contributed by atoms with Gasteiger partial charge in [-0.2, -0.15) is 0 Å². The number of aryl methyl sites for hydroxylation is 1. The first-order valence-corrected chi connectivity index (χ1v) is 5.99. The van der Waals surface area contributed by atoms with Crippen molar-refractivity contribution < 1.29 is 0 Å². The molecule has 1 aliphatic rings. The summed E-state index contributed by atoms with van der Waals surface area (Å²) in [5.41, 5.74) is 4.07. The summed E-state index contributed by atoms with van der Waals surface area (Å²) in [6.07, 6.45) is 1.96. The fraction of sp³-hybridized carbons (Fsp3) is 0.417. The largest absolute Gasteiger partial charge is 0.362 e. The third-order valence-electron chi connectivity index (χ3n) is 2.86. The quantitative estimate of drug-likeness (QED) is 0.771. The Balaban J connectivity index is 2.37. The molecule has 0 radical (unpaired) electrons. The summed E-state index contributed by atoms with van der Waals surface area (Å²) in [4.78, 5) is 5.68. The molecule has 0 bridgehead atoms. The van der Waals surface area contributed by atoms with Gasteiger partial charge in [-0.1, -0.05) is 0 Å². The Hall–Kier alpha value is -1.09. The van der Waals surface area contributed by atoms with E-state index in [1.54, 1.807) is 0 Å². The van der Waals surface area contributed by atoms with E-state index in [9.17, 15) is 0 Å². The van der Waals surface area contributed by atoms with Crippen molar-refractivity contribution in [2.75, 3.05) is 0 Å². The van der Waals surface area contributed by atoms with Gasteiger partial charge in [0.15, 0.2) is 0 Å². The molecule has 2 rings (SSSR count). The maximum Gasteiger partial charge on any atom is 0.0991 e. The summed E-state index contributed by atoms with van der Waals surface area (Å²) in [5.74, 6) is 0.996. The molecule has 0 aliphatic carbocycles. The molecule has 1 atom stereocenters. The van der Waals surface area contributed by atoms with Crippen molar-refractivity contribution in [1.82, 2.24) is 5.32 Å². The Morgan fingerprint density at radius 3 is 2.60 bits per heavy atom. The Morgan fingerprint density at radius 1 is 1.27 bits per heavy atom. The number of thiophene rings is 1. The molecule has 1 aromatic heterocycles. The van der Waals surface area contributed by atoms with Gasteiger partial charge in [0.05, 0.1) is 11.9 Å². The third kappa shape index (κ3) is 1.84. The Kier molecular flexibility index (Phi) is 2.65. The SMILES string of the molecule is CC1=CN=C(C)NC1c1scc(C)c1C. The standard InChI is InChI=1S/C12H16N2S/c1-7-5-13-10(4)14-11(7)12-9(3)8(2)6-15-12/h5-6,11H,1-4H3,(H,13,14). The predicted molar refractivity (Wildman–Crippen MR) is 66.5 cm³/mol. The van der Waals surface area contributed by atoms with Crippen molar-refractivity contribution in [3.05, 3.63) is 33.2 Å². The molecule has 3 heteroatoms. The van der Waals surface area contributed by atoms with E-state index in [-0.39, 0.29) is 0 Å². The number of amidine groups is 1. The maximum atomic E-state index is 4.27. The first kappa shape index (κ1) is 10.4. The van der Waals surface area contributed by atoms with Gasteiger partial charge in [-0.05, 0) is 49.8 Å². The molecule has 0 saturated heterocycles. The molecule has 0 spiro atoms. The summed E-state index contributed by atoms with van der Waals surface area (Å²) in [6, 6.07) is 0.321. The molecule has 0 fully saturated rings. The lowest BCUT2D eigenvalue weighted by Gasteiger charge is -2.23. The van der Waals surface area contributed by atoms with Gasteiger partial charge in [-0.15, -0.1) is 11.3 Å². The van der Waals surface area contributed by atoms with E-state index >= 15 is 0 Å². The van der Waals surface area contributed by atoms with Crippen LogP contribution in [0.15, 0.2) is 22.1 Å². The lowest BCUT2D eigenvalue weighted by atomic mass is 10.0. The van der Waals surface area contributed by atoms with E-state index in [0.29, 0.717) is 6.04 Å². The molecule has 2 heterocycles. The highest BCUT2D eigenvalue weighted by Gasteiger charge is 2.20. The zero-order chi connectivity index (χ0) is 11.0. The number of hydrogen-bond acceptors (Lipinski definition) is 3. The first-order chi connectivity index (χ1) is 7.09. The number of nitrogens with zero attached hydrogens (tertiary/aromatic N) is 1. The minimum Gasteiger partial charge on any atom is -0.362 e. The van der Waals surface area contributed by atoms with E-state index < -0.39 is 0 Å². The predicted octanol–water partition coefficient (Wildman–Crippen LogP) is 3.33. The number of aliphatic imine (C=N–C) groups is 1. The summed E-state index contributed by atoms with van der Waals surface area (Å²) < 4.78 is 0. The smallest absolute Gasteiger partial charge is 0.0991 e. The van der Waals surface area contributed by atoms with Crippen LogP contribution in [0.25, 0.3) is 0 Å². The van der Waals surface area contributed by atoms with Crippen LogP contribution in [-0.2, 0) is 0 Å². The van der Waals surface area contributed by atoms with Crippen molar-refractivity contribution in [1.29, 1.82) is 0 Å². The second-order valence-corrected chi connectivity index (χ2v) is 4.98. The minimum atomic E-state index is 0.321. The molecule has 1 aliphatic heterocycles.